The molecule has 0 spiro atoms. The van der Waals surface area contributed by atoms with Gasteiger partial charge in [-0.25, -0.2) is 4.79 Å². The Morgan fingerprint density at radius 3 is 2.60 bits per heavy atom. The van der Waals surface area contributed by atoms with Crippen molar-refractivity contribution in [2.45, 2.75) is 38.1 Å². The van der Waals surface area contributed by atoms with Gasteiger partial charge >= 0.3 is 12.2 Å². The van der Waals surface area contributed by atoms with E-state index < -0.39 is 29.7 Å². The van der Waals surface area contributed by atoms with Crippen molar-refractivity contribution in [1.29, 1.82) is 0 Å². The highest BCUT2D eigenvalue weighted by atomic mass is 32.1. The van der Waals surface area contributed by atoms with Crippen LogP contribution in [-0.4, -0.2) is 48.8 Å². The first-order chi connectivity index (χ1) is 16.4. The van der Waals surface area contributed by atoms with Crippen molar-refractivity contribution in [3.63, 3.8) is 0 Å². The molecule has 1 saturated heterocycles. The monoisotopic (exact) mass is 509 g/mol. The molecular formula is C22H22F3N5O4S. The second-order valence-electron chi connectivity index (χ2n) is 8.40. The molecular weight excluding hydrogens is 487 g/mol. The molecule has 0 saturated carbocycles. The molecule has 1 aromatic carbocycles. The molecule has 3 N–H and O–H groups in total. The van der Waals surface area contributed by atoms with E-state index in [0.717, 1.165) is 11.6 Å². The van der Waals surface area contributed by atoms with Crippen LogP contribution in [0.15, 0.2) is 24.3 Å². The summed E-state index contributed by atoms with van der Waals surface area (Å²) < 4.78 is 39.6. The van der Waals surface area contributed by atoms with Crippen LogP contribution in [0, 0.1) is 0 Å². The molecule has 0 radical (unpaired) electrons. The Kier molecular flexibility index (Phi) is 6.45. The highest BCUT2D eigenvalue weighted by Crippen LogP contribution is 2.37. The first kappa shape index (κ1) is 24.5. The van der Waals surface area contributed by atoms with Crippen molar-refractivity contribution in [2.24, 2.45) is 0 Å². The number of imide groups is 1. The number of fused-ring (bicyclic) bond motifs is 1. The van der Waals surface area contributed by atoms with Gasteiger partial charge in [-0.1, -0.05) is 0 Å². The minimum atomic E-state index is -4.52. The molecule has 3 heterocycles. The summed E-state index contributed by atoms with van der Waals surface area (Å²) in [6, 6.07) is 3.80. The van der Waals surface area contributed by atoms with E-state index in [1.54, 1.807) is 6.07 Å². The third-order valence-corrected chi connectivity index (χ3v) is 6.87. The molecule has 2 aliphatic rings. The summed E-state index contributed by atoms with van der Waals surface area (Å²) in [7, 11) is 2.96. The molecule has 13 heteroatoms. The second kappa shape index (κ2) is 9.21. The Bertz CT molecular complexity index is 1210. The lowest BCUT2D eigenvalue weighted by atomic mass is 10.0. The van der Waals surface area contributed by atoms with Gasteiger partial charge in [0.25, 0.3) is 5.91 Å². The van der Waals surface area contributed by atoms with Crippen LogP contribution in [-0.2, 0) is 28.9 Å². The summed E-state index contributed by atoms with van der Waals surface area (Å²) in [6.07, 6.45) is -4.07. The average Bonchev–Trinajstić information content (AvgIpc) is 3.30. The summed E-state index contributed by atoms with van der Waals surface area (Å²) in [4.78, 5) is 52.5. The normalized spacial score (nSPS) is 17.8. The molecule has 1 unspecified atom stereocenters. The van der Waals surface area contributed by atoms with Crippen LogP contribution in [0.5, 0.6) is 0 Å². The predicted octanol–water partition coefficient (Wildman–Crippen LogP) is 2.92. The van der Waals surface area contributed by atoms with Gasteiger partial charge in [0.1, 0.15) is 6.04 Å². The van der Waals surface area contributed by atoms with Crippen molar-refractivity contribution in [3.8, 4) is 0 Å². The molecule has 35 heavy (non-hydrogen) atoms. The topological polar surface area (TPSA) is 111 Å². The Labute approximate surface area is 202 Å². The molecule has 9 nitrogen and oxygen atoms in total. The lowest BCUT2D eigenvalue weighted by molar-refractivity contribution is -0.138. The maximum Gasteiger partial charge on any atom is 0.418 e. The van der Waals surface area contributed by atoms with Gasteiger partial charge in [-0.2, -0.15) is 13.2 Å². The number of hydrogen-bond acceptors (Lipinski definition) is 6. The van der Waals surface area contributed by atoms with E-state index in [4.69, 9.17) is 0 Å². The SMILES string of the molecule is CN(C)c1cc(NC(=O)NCc2cc3c(s2)C(=O)N(C2CCC(=O)NC2=O)C3)ccc1C(F)(F)F. The van der Waals surface area contributed by atoms with E-state index in [-0.39, 0.29) is 49.1 Å². The number of hydrogen-bond donors (Lipinski definition) is 3. The second-order valence-corrected chi connectivity index (χ2v) is 9.54. The summed E-state index contributed by atoms with van der Waals surface area (Å²) in [5, 5.41) is 7.39. The third-order valence-electron chi connectivity index (χ3n) is 5.71. The average molecular weight is 510 g/mol. The lowest BCUT2D eigenvalue weighted by Crippen LogP contribution is -2.52. The van der Waals surface area contributed by atoms with Crippen LogP contribution in [0.1, 0.15) is 38.5 Å². The zero-order chi connectivity index (χ0) is 25.5. The van der Waals surface area contributed by atoms with Gasteiger partial charge in [0.05, 0.1) is 22.7 Å². The van der Waals surface area contributed by atoms with Crippen molar-refractivity contribution >= 4 is 46.5 Å². The molecule has 1 atom stereocenters. The highest BCUT2D eigenvalue weighted by Gasteiger charge is 2.40. The van der Waals surface area contributed by atoms with Gasteiger partial charge in [-0.15, -0.1) is 11.3 Å². The van der Waals surface area contributed by atoms with E-state index >= 15 is 0 Å². The number of halogens is 3. The molecule has 2 aromatic rings. The van der Waals surface area contributed by atoms with Gasteiger partial charge in [0, 0.05) is 37.6 Å². The molecule has 1 fully saturated rings. The summed E-state index contributed by atoms with van der Waals surface area (Å²) in [5.74, 6) is -1.13. The number of rotatable bonds is 5. The molecule has 186 valence electrons. The van der Waals surface area contributed by atoms with Crippen LogP contribution in [0.2, 0.25) is 0 Å². The number of nitrogens with zero attached hydrogens (tertiary/aromatic N) is 2. The Balaban J connectivity index is 1.36. The zero-order valence-corrected chi connectivity index (χ0v) is 19.6. The van der Waals surface area contributed by atoms with Crippen molar-refractivity contribution in [3.05, 3.63) is 45.1 Å². The fourth-order valence-electron chi connectivity index (χ4n) is 4.05. The zero-order valence-electron chi connectivity index (χ0n) is 18.8. The lowest BCUT2D eigenvalue weighted by Gasteiger charge is -2.29. The number of urea groups is 1. The first-order valence-corrected chi connectivity index (χ1v) is 11.5. The van der Waals surface area contributed by atoms with E-state index in [9.17, 15) is 32.3 Å². The van der Waals surface area contributed by atoms with E-state index in [1.165, 1.54) is 47.4 Å². The maximum atomic E-state index is 13.2. The van der Waals surface area contributed by atoms with Crippen molar-refractivity contribution in [2.75, 3.05) is 24.3 Å². The standard InChI is InChI=1S/C22H22F3N5O4S/c1-29(2)16-8-12(3-4-14(16)22(23,24)25)27-21(34)26-9-13-7-11-10-30(20(33)18(11)35-13)15-5-6-17(31)28-19(15)32/h3-4,7-8,15H,5-6,9-10H2,1-2H3,(H2,26,27,34)(H,28,31,32). The molecule has 1 aromatic heterocycles. The number of alkyl halides is 3. The van der Waals surface area contributed by atoms with Gasteiger partial charge in [0.15, 0.2) is 0 Å². The molecule has 0 aliphatic carbocycles. The Morgan fingerprint density at radius 2 is 1.97 bits per heavy atom. The van der Waals surface area contributed by atoms with Crippen LogP contribution >= 0.6 is 11.3 Å². The number of anilines is 2. The first-order valence-electron chi connectivity index (χ1n) is 10.6. The van der Waals surface area contributed by atoms with Crippen LogP contribution in [0.4, 0.5) is 29.3 Å². The number of carbonyl (C=O) groups excluding carboxylic acids is 4. The quantitative estimate of drug-likeness (QED) is 0.537. The minimum absolute atomic E-state index is 0.0796. The van der Waals surface area contributed by atoms with Crippen LogP contribution in [0.25, 0.3) is 0 Å². The number of nitrogens with one attached hydrogen (secondary N) is 3. The van der Waals surface area contributed by atoms with Crippen molar-refractivity contribution < 1.29 is 32.3 Å². The largest absolute Gasteiger partial charge is 0.418 e. The van der Waals surface area contributed by atoms with Gasteiger partial charge < -0.3 is 20.4 Å². The number of amides is 5. The fourth-order valence-corrected chi connectivity index (χ4v) is 5.12. The summed E-state index contributed by atoms with van der Waals surface area (Å²) >= 11 is 1.19. The summed E-state index contributed by atoms with van der Waals surface area (Å²) in [6.45, 7) is 0.346. The molecule has 0 bridgehead atoms. The Hall–Kier alpha value is -3.61. The van der Waals surface area contributed by atoms with E-state index in [1.807, 2.05) is 0 Å². The predicted molar refractivity (Wildman–Crippen MR) is 122 cm³/mol. The minimum Gasteiger partial charge on any atom is -0.377 e. The van der Waals surface area contributed by atoms with Gasteiger partial charge in [-0.3, -0.25) is 19.7 Å². The summed E-state index contributed by atoms with van der Waals surface area (Å²) in [5.41, 5.74) is 0.0462. The van der Waals surface area contributed by atoms with Gasteiger partial charge in [0.2, 0.25) is 11.8 Å². The smallest absolute Gasteiger partial charge is 0.377 e. The molecule has 4 rings (SSSR count). The number of piperidine rings is 1. The fraction of sp³-hybridized carbons (Fsp3) is 0.364. The van der Waals surface area contributed by atoms with Crippen molar-refractivity contribution in [1.82, 2.24) is 15.5 Å². The van der Waals surface area contributed by atoms with E-state index in [2.05, 4.69) is 16.0 Å². The number of thiophene rings is 1. The van der Waals surface area contributed by atoms with Crippen LogP contribution < -0.4 is 20.9 Å². The number of benzene rings is 1. The van der Waals surface area contributed by atoms with E-state index in [0.29, 0.717) is 9.75 Å². The maximum absolute atomic E-state index is 13.2. The molecule has 2 aliphatic heterocycles. The van der Waals surface area contributed by atoms with Gasteiger partial charge in [-0.05, 0) is 36.2 Å². The van der Waals surface area contributed by atoms with Crippen LogP contribution in [0.3, 0.4) is 0 Å². The highest BCUT2D eigenvalue weighted by molar-refractivity contribution is 7.14. The molecule has 5 amide bonds. The Morgan fingerprint density at radius 1 is 1.23 bits per heavy atom. The number of carbonyl (C=O) groups is 4. The third kappa shape index (κ3) is 5.09.